The molecule has 0 aliphatic carbocycles. The van der Waals surface area contributed by atoms with E-state index in [0.29, 0.717) is 11.1 Å². The van der Waals surface area contributed by atoms with Crippen molar-refractivity contribution in [2.75, 3.05) is 5.32 Å². The van der Waals surface area contributed by atoms with Gasteiger partial charge in [-0.05, 0) is 47.5 Å². The van der Waals surface area contributed by atoms with E-state index in [0.717, 1.165) is 5.41 Å². The van der Waals surface area contributed by atoms with E-state index >= 15 is 0 Å². The number of hydrogen-bond donors (Lipinski definition) is 2. The largest absolute Gasteiger partial charge is 0.508 e. The van der Waals surface area contributed by atoms with E-state index in [9.17, 15) is 23.6 Å². The van der Waals surface area contributed by atoms with Crippen LogP contribution in [0.5, 0.6) is 5.75 Å². The Labute approximate surface area is 144 Å². The molecule has 1 heterocycles. The van der Waals surface area contributed by atoms with Crippen LogP contribution < -0.4 is 5.32 Å². The van der Waals surface area contributed by atoms with Gasteiger partial charge in [-0.3, -0.25) is 4.79 Å². The summed E-state index contributed by atoms with van der Waals surface area (Å²) in [6.07, 6.45) is 2.82. The van der Waals surface area contributed by atoms with Crippen LogP contribution >= 0.6 is 0 Å². The average Bonchev–Trinajstić information content (AvgIpc) is 2.87. The van der Waals surface area contributed by atoms with E-state index in [-0.39, 0.29) is 21.9 Å². The maximum Gasteiger partial charge on any atom is 0.266 e. The molecule has 25 heavy (non-hydrogen) atoms. The fraction of sp³-hybridized carbons (Fsp3) is 0. The van der Waals surface area contributed by atoms with Crippen LogP contribution in [0.15, 0.2) is 58.3 Å². The number of nitrogens with one attached hydrogen (secondary N) is 1. The van der Waals surface area contributed by atoms with Crippen molar-refractivity contribution in [1.29, 1.82) is 5.26 Å². The van der Waals surface area contributed by atoms with Gasteiger partial charge in [0.2, 0.25) is 9.84 Å². The standard InChI is InChI=1S/C18H12N2O4S/c19-11-14(8-12-2-1-3-16(21)9-12)18(22)20-15-5-4-13-6-7-25(23,24)17(13)10-15/h1-10,21H,(H,20,22). The molecular formula is C18H12N2O4S. The Morgan fingerprint density at radius 2 is 2.00 bits per heavy atom. The Bertz CT molecular complexity index is 1080. The minimum Gasteiger partial charge on any atom is -0.508 e. The van der Waals surface area contributed by atoms with Gasteiger partial charge < -0.3 is 10.4 Å². The van der Waals surface area contributed by atoms with Crippen molar-refractivity contribution in [1.82, 2.24) is 0 Å². The molecule has 2 aromatic rings. The minimum absolute atomic E-state index is 0.0165. The van der Waals surface area contributed by atoms with E-state index in [1.165, 1.54) is 30.4 Å². The molecule has 0 bridgehead atoms. The Morgan fingerprint density at radius 1 is 1.20 bits per heavy atom. The maximum atomic E-state index is 12.3. The van der Waals surface area contributed by atoms with Gasteiger partial charge in [0.15, 0.2) is 0 Å². The number of rotatable bonds is 3. The number of carbonyl (C=O) groups is 1. The second-order valence-electron chi connectivity index (χ2n) is 5.32. The molecule has 3 rings (SSSR count). The van der Waals surface area contributed by atoms with Crippen molar-refractivity contribution in [3.05, 3.63) is 64.6 Å². The molecule has 1 aliphatic rings. The van der Waals surface area contributed by atoms with E-state index in [2.05, 4.69) is 5.32 Å². The van der Waals surface area contributed by atoms with Gasteiger partial charge in [-0.2, -0.15) is 5.26 Å². The van der Waals surface area contributed by atoms with Gasteiger partial charge in [-0.1, -0.05) is 18.2 Å². The zero-order chi connectivity index (χ0) is 18.0. The predicted molar refractivity (Wildman–Crippen MR) is 93.0 cm³/mol. The number of aromatic hydroxyl groups is 1. The van der Waals surface area contributed by atoms with Crippen molar-refractivity contribution < 1.29 is 18.3 Å². The highest BCUT2D eigenvalue weighted by Crippen LogP contribution is 2.29. The lowest BCUT2D eigenvalue weighted by molar-refractivity contribution is -0.112. The Hall–Kier alpha value is -3.37. The van der Waals surface area contributed by atoms with Gasteiger partial charge in [0.05, 0.1) is 4.90 Å². The number of carbonyl (C=O) groups excluding carboxylic acids is 1. The summed E-state index contributed by atoms with van der Waals surface area (Å²) in [6.45, 7) is 0. The number of benzene rings is 2. The molecule has 0 aromatic heterocycles. The van der Waals surface area contributed by atoms with E-state index in [1.807, 2.05) is 0 Å². The summed E-state index contributed by atoms with van der Waals surface area (Å²) in [4.78, 5) is 12.4. The van der Waals surface area contributed by atoms with Gasteiger partial charge in [0.25, 0.3) is 5.91 Å². The zero-order valence-electron chi connectivity index (χ0n) is 12.8. The number of phenols is 1. The molecule has 0 atom stereocenters. The first kappa shape index (κ1) is 16.5. The van der Waals surface area contributed by atoms with Crippen LogP contribution in [0.1, 0.15) is 11.1 Å². The highest BCUT2D eigenvalue weighted by Gasteiger charge is 2.21. The first-order chi connectivity index (χ1) is 11.9. The molecule has 1 aliphatic heterocycles. The van der Waals surface area contributed by atoms with E-state index < -0.39 is 15.7 Å². The van der Waals surface area contributed by atoms with Gasteiger partial charge >= 0.3 is 0 Å². The third-order valence-electron chi connectivity index (χ3n) is 3.55. The van der Waals surface area contributed by atoms with Gasteiger partial charge in [-0.25, -0.2) is 8.42 Å². The van der Waals surface area contributed by atoms with Crippen LogP contribution in [0.4, 0.5) is 5.69 Å². The van der Waals surface area contributed by atoms with Crippen molar-refractivity contribution in [2.45, 2.75) is 4.90 Å². The summed E-state index contributed by atoms with van der Waals surface area (Å²) in [5, 5.41) is 22.2. The normalized spacial score (nSPS) is 14.6. The van der Waals surface area contributed by atoms with Gasteiger partial charge in [0, 0.05) is 11.1 Å². The number of amides is 1. The summed E-state index contributed by atoms with van der Waals surface area (Å²) in [6, 6.07) is 12.4. The molecule has 0 radical (unpaired) electrons. The van der Waals surface area contributed by atoms with Crippen LogP contribution in [0.25, 0.3) is 12.2 Å². The fourth-order valence-electron chi connectivity index (χ4n) is 2.36. The number of nitriles is 1. The SMILES string of the molecule is N#CC(=Cc1cccc(O)c1)C(=O)Nc1ccc2c(c1)S(=O)(=O)C=C2. The van der Waals surface area contributed by atoms with E-state index in [4.69, 9.17) is 0 Å². The summed E-state index contributed by atoms with van der Waals surface area (Å²) >= 11 is 0. The number of nitrogens with zero attached hydrogens (tertiary/aromatic N) is 1. The van der Waals surface area contributed by atoms with Crippen LogP contribution in [-0.2, 0) is 14.6 Å². The summed E-state index contributed by atoms with van der Waals surface area (Å²) in [5.41, 5.74) is 1.14. The second-order valence-corrected chi connectivity index (χ2v) is 7.12. The Kier molecular flexibility index (Phi) is 4.13. The molecule has 2 N–H and O–H groups in total. The maximum absolute atomic E-state index is 12.3. The first-order valence-corrected chi connectivity index (χ1v) is 8.73. The summed E-state index contributed by atoms with van der Waals surface area (Å²) in [5.74, 6) is -0.656. The number of fused-ring (bicyclic) bond motifs is 1. The lowest BCUT2D eigenvalue weighted by atomic mass is 10.1. The number of hydrogen-bond acceptors (Lipinski definition) is 5. The molecular weight excluding hydrogens is 340 g/mol. The lowest BCUT2D eigenvalue weighted by Crippen LogP contribution is -2.13. The van der Waals surface area contributed by atoms with Crippen LogP contribution in [0.2, 0.25) is 0 Å². The molecule has 0 fully saturated rings. The van der Waals surface area contributed by atoms with E-state index in [1.54, 1.807) is 30.3 Å². The van der Waals surface area contributed by atoms with Crippen LogP contribution in [0, 0.1) is 11.3 Å². The Morgan fingerprint density at radius 3 is 2.72 bits per heavy atom. The van der Waals surface area contributed by atoms with Crippen molar-refractivity contribution >= 4 is 33.6 Å². The smallest absolute Gasteiger partial charge is 0.266 e. The topological polar surface area (TPSA) is 107 Å². The van der Waals surface area contributed by atoms with Gasteiger partial charge in [-0.15, -0.1) is 0 Å². The molecule has 6 nitrogen and oxygen atoms in total. The highest BCUT2D eigenvalue weighted by molar-refractivity contribution is 7.94. The molecule has 0 spiro atoms. The monoisotopic (exact) mass is 352 g/mol. The molecule has 2 aromatic carbocycles. The minimum atomic E-state index is -3.48. The first-order valence-electron chi connectivity index (χ1n) is 7.18. The average molecular weight is 352 g/mol. The van der Waals surface area contributed by atoms with Crippen molar-refractivity contribution in [3.8, 4) is 11.8 Å². The molecule has 0 saturated heterocycles. The van der Waals surface area contributed by atoms with Gasteiger partial charge in [0.1, 0.15) is 17.4 Å². The lowest BCUT2D eigenvalue weighted by Gasteiger charge is -2.07. The molecule has 124 valence electrons. The summed E-state index contributed by atoms with van der Waals surface area (Å²) < 4.78 is 23.7. The number of phenolic OH excluding ortho intramolecular Hbond substituents is 1. The molecule has 7 heteroatoms. The Balaban J connectivity index is 1.86. The third kappa shape index (κ3) is 3.44. The van der Waals surface area contributed by atoms with Crippen LogP contribution in [-0.4, -0.2) is 19.4 Å². The molecule has 1 amide bonds. The van der Waals surface area contributed by atoms with Crippen molar-refractivity contribution in [2.24, 2.45) is 0 Å². The highest BCUT2D eigenvalue weighted by atomic mass is 32.2. The summed E-state index contributed by atoms with van der Waals surface area (Å²) in [7, 11) is -3.48. The zero-order valence-corrected chi connectivity index (χ0v) is 13.6. The second kappa shape index (κ2) is 6.26. The predicted octanol–water partition coefficient (Wildman–Crippen LogP) is 2.70. The number of anilines is 1. The quantitative estimate of drug-likeness (QED) is 0.652. The fourth-order valence-corrected chi connectivity index (χ4v) is 3.59. The molecule has 0 unspecified atom stereocenters. The van der Waals surface area contributed by atoms with Crippen molar-refractivity contribution in [3.63, 3.8) is 0 Å². The van der Waals surface area contributed by atoms with Crippen LogP contribution in [0.3, 0.4) is 0 Å². The number of sulfone groups is 1. The molecule has 0 saturated carbocycles. The third-order valence-corrected chi connectivity index (χ3v) is 5.01.